The lowest BCUT2D eigenvalue weighted by Gasteiger charge is -1.82. The van der Waals surface area contributed by atoms with E-state index < -0.39 is 0 Å². The highest BCUT2D eigenvalue weighted by molar-refractivity contribution is 5.45. The molecule has 0 aliphatic heterocycles. The second kappa shape index (κ2) is 12.3. The van der Waals surface area contributed by atoms with Crippen LogP contribution in [0.4, 0.5) is 0 Å². The predicted octanol–water partition coefficient (Wildman–Crippen LogP) is 2.55. The van der Waals surface area contributed by atoms with Gasteiger partial charge in [-0.1, -0.05) is 35.5 Å². The minimum absolute atomic E-state index is 0.160. The van der Waals surface area contributed by atoms with Gasteiger partial charge in [-0.3, -0.25) is 0 Å². The fourth-order valence-electron chi connectivity index (χ4n) is 1.59. The zero-order chi connectivity index (χ0) is 22.2. The molecule has 0 aliphatic carbocycles. The van der Waals surface area contributed by atoms with Crippen LogP contribution < -0.4 is 0 Å². The molecule has 0 aliphatic rings. The molecule has 0 aromatic heterocycles. The van der Waals surface area contributed by atoms with Gasteiger partial charge in [0.25, 0.3) is 0 Å². The van der Waals surface area contributed by atoms with E-state index >= 15 is 0 Å². The molecular weight excluding hydrogens is 360 g/mol. The lowest BCUT2D eigenvalue weighted by atomic mass is 10.2. The Kier molecular flexibility index (Phi) is 9.03. The van der Waals surface area contributed by atoms with Gasteiger partial charge in [0.1, 0.15) is 0 Å². The summed E-state index contributed by atoms with van der Waals surface area (Å²) >= 11 is 0. The molecule has 0 nitrogen and oxygen atoms in total. The Bertz CT molecular complexity index is 984. The maximum Gasteiger partial charge on any atom is 0.0993 e. The lowest BCUT2D eigenvalue weighted by Crippen LogP contribution is -1.76. The summed E-state index contributed by atoms with van der Waals surface area (Å²) in [4.78, 5) is 0. The Morgan fingerprint density at radius 3 is 0.533 bits per heavy atom. The van der Waals surface area contributed by atoms with Gasteiger partial charge in [-0.05, 0) is 72.8 Å². The number of hydrogen-bond acceptors (Lipinski definition) is 0. The second-order valence-electron chi connectivity index (χ2n) is 4.62. The van der Waals surface area contributed by atoms with Crippen LogP contribution in [0.1, 0.15) is 33.4 Å². The van der Waals surface area contributed by atoms with Crippen molar-refractivity contribution in [3.8, 4) is 74.1 Å². The van der Waals surface area contributed by atoms with Crippen LogP contribution in [-0.4, -0.2) is 0 Å². The van der Waals surface area contributed by atoms with Gasteiger partial charge in [0.15, 0.2) is 0 Å². The Hall–Kier alpha value is -6.06. The summed E-state index contributed by atoms with van der Waals surface area (Å²) in [6.07, 6.45) is 32.7. The van der Waals surface area contributed by atoms with E-state index in [-0.39, 0.29) is 33.4 Å². The largest absolute Gasteiger partial charge is 0.114 e. The van der Waals surface area contributed by atoms with Gasteiger partial charge in [0, 0.05) is 0 Å². The van der Waals surface area contributed by atoms with Crippen molar-refractivity contribution in [3.05, 3.63) is 106 Å². The molecule has 0 heteroatoms. The van der Waals surface area contributed by atoms with Crippen LogP contribution in [0.25, 0.3) is 0 Å². The van der Waals surface area contributed by atoms with Crippen molar-refractivity contribution in [2.75, 3.05) is 0 Å². The number of rotatable bonds is 0. The predicted molar refractivity (Wildman–Crippen MR) is 113 cm³/mol. The summed E-state index contributed by atoms with van der Waals surface area (Å²) in [7, 11) is 0. The van der Waals surface area contributed by atoms with E-state index in [1.165, 1.54) is 0 Å². The highest BCUT2D eigenvalue weighted by atomic mass is 13.9. The summed E-state index contributed by atoms with van der Waals surface area (Å²) in [5.74, 6) is 14.2. The van der Waals surface area contributed by atoms with Gasteiger partial charge in [-0.2, -0.15) is 0 Å². The maximum absolute atomic E-state index is 5.45. The van der Waals surface area contributed by atoms with Gasteiger partial charge >= 0.3 is 0 Å². The number of hydrogen-bond donors (Lipinski definition) is 0. The maximum atomic E-state index is 5.45. The first-order valence-corrected chi connectivity index (χ1v) is 7.73. The Balaban J connectivity index is 4.07. The van der Waals surface area contributed by atoms with Gasteiger partial charge in [0.05, 0.1) is 33.4 Å². The van der Waals surface area contributed by atoms with Crippen LogP contribution in [0.5, 0.6) is 0 Å². The molecule has 0 N–H and O–H groups in total. The smallest absolute Gasteiger partial charge is 0.0993 e. The van der Waals surface area contributed by atoms with E-state index in [4.69, 9.17) is 38.5 Å². The highest BCUT2D eigenvalue weighted by Crippen LogP contribution is 1.97. The average molecular weight is 366 g/mol. The average Bonchev–Trinajstić information content (AvgIpc) is 2.77. The van der Waals surface area contributed by atoms with Gasteiger partial charge in [-0.25, -0.2) is 0 Å². The standard InChI is InChI=1S/C30H6/c1-7-25-19-13-14-21-27(9-3)29(11-5)23-17-18-24-30(12-6)28(10-4)22-16-15-20-26(25)8-2/h1-6H. The van der Waals surface area contributed by atoms with E-state index in [2.05, 4.69) is 108 Å². The molecular formula is C30H6. The molecule has 0 amide bonds. The van der Waals surface area contributed by atoms with E-state index in [1.807, 2.05) is 0 Å². The van der Waals surface area contributed by atoms with E-state index in [0.29, 0.717) is 0 Å². The SMILES string of the molecule is C#Cc1c#cc#cc(C#C)c(C#C)c#cc#cc(C#C)c(C#C)c#cc#cc1C#C. The van der Waals surface area contributed by atoms with Crippen LogP contribution in [0.3, 0.4) is 0 Å². The van der Waals surface area contributed by atoms with Crippen LogP contribution in [0, 0.1) is 147 Å². The Morgan fingerprint density at radius 1 is 0.300 bits per heavy atom. The molecule has 0 heterocycles. The van der Waals surface area contributed by atoms with E-state index in [9.17, 15) is 0 Å². The quantitative estimate of drug-likeness (QED) is 0.619. The molecule has 0 saturated carbocycles. The Morgan fingerprint density at radius 2 is 0.433 bits per heavy atom. The lowest BCUT2D eigenvalue weighted by molar-refractivity contribution is 1.65. The minimum atomic E-state index is 0.160. The zero-order valence-corrected chi connectivity index (χ0v) is 15.5. The molecule has 126 valence electrons. The van der Waals surface area contributed by atoms with Crippen molar-refractivity contribution in [2.45, 2.75) is 0 Å². The molecule has 0 bridgehead atoms. The first kappa shape index (κ1) is 22.0. The first-order chi connectivity index (χ1) is 14.6. The van der Waals surface area contributed by atoms with E-state index in [1.54, 1.807) is 0 Å². The molecule has 30 heavy (non-hydrogen) atoms. The summed E-state index contributed by atoms with van der Waals surface area (Å²) in [5.41, 5.74) is 0.963. The number of terminal acetylenes is 6. The molecule has 1 aromatic rings. The fraction of sp³-hybridized carbons (Fsp3) is 0. The van der Waals surface area contributed by atoms with E-state index in [0.717, 1.165) is 0 Å². The first-order valence-electron chi connectivity index (χ1n) is 7.73. The minimum Gasteiger partial charge on any atom is -0.114 e. The topological polar surface area (TPSA) is 0 Å². The third kappa shape index (κ3) is 6.34. The van der Waals surface area contributed by atoms with Crippen molar-refractivity contribution in [2.24, 2.45) is 0 Å². The van der Waals surface area contributed by atoms with Crippen molar-refractivity contribution >= 4 is 0 Å². The van der Waals surface area contributed by atoms with Gasteiger partial charge < -0.3 is 0 Å². The summed E-state index contributed by atoms with van der Waals surface area (Å²) < 4.78 is 0. The molecule has 0 unspecified atom stereocenters. The van der Waals surface area contributed by atoms with Gasteiger partial charge in [-0.15, -0.1) is 38.5 Å². The monoisotopic (exact) mass is 366 g/mol. The van der Waals surface area contributed by atoms with Crippen LogP contribution in [0.15, 0.2) is 0 Å². The van der Waals surface area contributed by atoms with Crippen LogP contribution >= 0.6 is 0 Å². The van der Waals surface area contributed by atoms with Crippen LogP contribution in [0.2, 0.25) is 0 Å². The Labute approximate surface area is 180 Å². The fourth-order valence-corrected chi connectivity index (χ4v) is 1.59. The zero-order valence-electron chi connectivity index (χ0n) is 15.5. The highest BCUT2D eigenvalue weighted by Gasteiger charge is 1.91. The van der Waals surface area contributed by atoms with Crippen molar-refractivity contribution < 1.29 is 0 Å². The summed E-state index contributed by atoms with van der Waals surface area (Å²) in [5, 5.41) is 0. The summed E-state index contributed by atoms with van der Waals surface area (Å²) in [6, 6.07) is 31.2. The molecule has 1 aromatic carbocycles. The molecule has 1 rings (SSSR count). The molecule has 0 atom stereocenters. The van der Waals surface area contributed by atoms with Crippen molar-refractivity contribution in [3.63, 3.8) is 0 Å². The van der Waals surface area contributed by atoms with Crippen molar-refractivity contribution in [1.82, 2.24) is 0 Å². The van der Waals surface area contributed by atoms with Crippen LogP contribution in [-0.2, 0) is 0 Å². The third-order valence-electron chi connectivity index (χ3n) is 2.93. The van der Waals surface area contributed by atoms with Crippen molar-refractivity contribution in [1.29, 1.82) is 0 Å². The second-order valence-corrected chi connectivity index (χ2v) is 4.62. The molecule has 0 spiro atoms. The summed E-state index contributed by atoms with van der Waals surface area (Å²) in [6.45, 7) is 0. The third-order valence-corrected chi connectivity index (χ3v) is 2.93. The van der Waals surface area contributed by atoms with Gasteiger partial charge in [0.2, 0.25) is 0 Å². The molecule has 0 radical (unpaired) electrons. The molecule has 0 fully saturated rings. The molecule has 0 saturated heterocycles. The normalized spacial score (nSPS) is 6.20.